The molecule has 106 valence electrons. The van der Waals surface area contributed by atoms with Crippen LogP contribution in [0.25, 0.3) is 0 Å². The molecule has 1 aromatic rings. The molecule has 0 radical (unpaired) electrons. The monoisotopic (exact) mass is 264 g/mol. The summed E-state index contributed by atoms with van der Waals surface area (Å²) in [5, 5.41) is 3.37. The molecule has 2 heterocycles. The normalized spacial score (nSPS) is 19.9. The van der Waals surface area contributed by atoms with Crippen LogP contribution in [0, 0.1) is 0 Å². The van der Waals surface area contributed by atoms with Gasteiger partial charge in [0.1, 0.15) is 5.82 Å². The van der Waals surface area contributed by atoms with Crippen molar-refractivity contribution >= 4 is 11.5 Å². The van der Waals surface area contributed by atoms with E-state index >= 15 is 0 Å². The van der Waals surface area contributed by atoms with Gasteiger partial charge in [-0.1, -0.05) is 0 Å². The van der Waals surface area contributed by atoms with Gasteiger partial charge in [0.05, 0.1) is 11.8 Å². The molecule has 5 nitrogen and oxygen atoms in total. The average Bonchev–Trinajstić information content (AvgIpc) is 2.75. The second-order valence-electron chi connectivity index (χ2n) is 5.42. The van der Waals surface area contributed by atoms with Crippen LogP contribution in [0.4, 0.5) is 11.5 Å². The van der Waals surface area contributed by atoms with Crippen molar-refractivity contribution in [2.24, 2.45) is 0 Å². The smallest absolute Gasteiger partial charge is 0.239 e. The number of nitrogens with zero attached hydrogens (tertiary/aromatic N) is 2. The predicted octanol–water partition coefficient (Wildman–Crippen LogP) is 1.96. The molecule has 3 N–H and O–H groups in total. The molecule has 1 aliphatic heterocycles. The third kappa shape index (κ3) is 3.73. The van der Waals surface area contributed by atoms with E-state index in [0.29, 0.717) is 17.6 Å². The van der Waals surface area contributed by atoms with Crippen molar-refractivity contribution in [2.45, 2.75) is 38.8 Å². The number of likely N-dealkylation sites (tertiary alicyclic amines) is 1. The van der Waals surface area contributed by atoms with E-state index in [1.165, 1.54) is 19.4 Å². The average molecular weight is 264 g/mol. The lowest BCUT2D eigenvalue weighted by Crippen LogP contribution is -2.31. The number of nitrogens with one attached hydrogen (secondary N) is 1. The standard InChI is InChI=1S/C14H24N4O/c1-10(2)19-14-12(15)6-7-13(17-14)16-9-11-5-4-8-18(11)3/h6-7,10-11H,4-5,8-9,15H2,1-3H3,(H,16,17). The van der Waals surface area contributed by atoms with E-state index in [1.54, 1.807) is 0 Å². The number of aromatic nitrogens is 1. The second kappa shape index (κ2) is 6.10. The number of hydrogen-bond donors (Lipinski definition) is 2. The minimum Gasteiger partial charge on any atom is -0.473 e. The number of nitrogen functional groups attached to an aromatic ring is 1. The summed E-state index contributed by atoms with van der Waals surface area (Å²) in [4.78, 5) is 6.81. The Labute approximate surface area is 115 Å². The quantitative estimate of drug-likeness (QED) is 0.851. The van der Waals surface area contributed by atoms with Crippen molar-refractivity contribution in [3.8, 4) is 5.88 Å². The Bertz CT molecular complexity index is 422. The lowest BCUT2D eigenvalue weighted by atomic mass is 10.2. The van der Waals surface area contributed by atoms with Crippen molar-refractivity contribution in [1.29, 1.82) is 0 Å². The maximum atomic E-state index is 5.85. The molecule has 0 amide bonds. The predicted molar refractivity (Wildman–Crippen MR) is 78.6 cm³/mol. The molecule has 0 bridgehead atoms. The second-order valence-corrected chi connectivity index (χ2v) is 5.42. The molecule has 1 atom stereocenters. The summed E-state index contributed by atoms with van der Waals surface area (Å²) < 4.78 is 5.59. The Morgan fingerprint density at radius 1 is 1.53 bits per heavy atom. The van der Waals surface area contributed by atoms with Crippen molar-refractivity contribution < 1.29 is 4.74 Å². The van der Waals surface area contributed by atoms with Crippen LogP contribution in [0.15, 0.2) is 12.1 Å². The summed E-state index contributed by atoms with van der Waals surface area (Å²) >= 11 is 0. The van der Waals surface area contributed by atoms with Crippen LogP contribution in [0.1, 0.15) is 26.7 Å². The fourth-order valence-corrected chi connectivity index (χ4v) is 2.33. The molecule has 1 aromatic heterocycles. The third-order valence-electron chi connectivity index (χ3n) is 3.43. The Balaban J connectivity index is 1.96. The summed E-state index contributed by atoms with van der Waals surface area (Å²) in [6.07, 6.45) is 2.60. The number of pyridine rings is 1. The zero-order chi connectivity index (χ0) is 13.8. The molecule has 0 aromatic carbocycles. The van der Waals surface area contributed by atoms with Crippen LogP contribution in [-0.2, 0) is 0 Å². The number of nitrogens with two attached hydrogens (primary N) is 1. The van der Waals surface area contributed by atoms with Gasteiger partial charge in [-0.25, -0.2) is 0 Å². The van der Waals surface area contributed by atoms with Gasteiger partial charge in [-0.3, -0.25) is 0 Å². The first-order valence-corrected chi connectivity index (χ1v) is 6.93. The highest BCUT2D eigenvalue weighted by atomic mass is 16.5. The van der Waals surface area contributed by atoms with Gasteiger partial charge in [0.25, 0.3) is 0 Å². The highest BCUT2D eigenvalue weighted by Crippen LogP contribution is 2.22. The summed E-state index contributed by atoms with van der Waals surface area (Å²) in [5.41, 5.74) is 6.44. The van der Waals surface area contributed by atoms with E-state index in [2.05, 4.69) is 22.2 Å². The van der Waals surface area contributed by atoms with Gasteiger partial charge >= 0.3 is 0 Å². The molecule has 1 unspecified atom stereocenters. The largest absolute Gasteiger partial charge is 0.473 e. The van der Waals surface area contributed by atoms with E-state index in [4.69, 9.17) is 10.5 Å². The maximum Gasteiger partial charge on any atom is 0.239 e. The maximum absolute atomic E-state index is 5.85. The lowest BCUT2D eigenvalue weighted by molar-refractivity contribution is 0.234. The SMILES string of the molecule is CC(C)Oc1nc(NCC2CCCN2C)ccc1N. The van der Waals surface area contributed by atoms with Gasteiger partial charge in [-0.05, 0) is 52.4 Å². The van der Waals surface area contributed by atoms with Crippen LogP contribution < -0.4 is 15.8 Å². The highest BCUT2D eigenvalue weighted by molar-refractivity contribution is 5.53. The first kappa shape index (κ1) is 13.9. The van der Waals surface area contributed by atoms with Crippen molar-refractivity contribution in [3.63, 3.8) is 0 Å². The Morgan fingerprint density at radius 3 is 2.95 bits per heavy atom. The van der Waals surface area contributed by atoms with Crippen LogP contribution in [0.5, 0.6) is 5.88 Å². The van der Waals surface area contributed by atoms with E-state index in [0.717, 1.165) is 12.4 Å². The molecule has 19 heavy (non-hydrogen) atoms. The van der Waals surface area contributed by atoms with E-state index in [9.17, 15) is 0 Å². The minimum atomic E-state index is 0.0750. The first-order chi connectivity index (χ1) is 9.06. The van der Waals surface area contributed by atoms with Crippen molar-refractivity contribution in [2.75, 3.05) is 31.2 Å². The highest BCUT2D eigenvalue weighted by Gasteiger charge is 2.20. The molecular weight excluding hydrogens is 240 g/mol. The van der Waals surface area contributed by atoms with Gasteiger partial charge in [0.2, 0.25) is 5.88 Å². The molecule has 2 rings (SSSR count). The summed E-state index contributed by atoms with van der Waals surface area (Å²) in [6.45, 7) is 6.03. The Kier molecular flexibility index (Phi) is 4.47. The zero-order valence-electron chi connectivity index (χ0n) is 12.0. The molecule has 0 aliphatic carbocycles. The van der Waals surface area contributed by atoms with Crippen LogP contribution in [-0.4, -0.2) is 42.2 Å². The van der Waals surface area contributed by atoms with E-state index < -0.39 is 0 Å². The van der Waals surface area contributed by atoms with Crippen LogP contribution in [0.3, 0.4) is 0 Å². The number of hydrogen-bond acceptors (Lipinski definition) is 5. The topological polar surface area (TPSA) is 63.4 Å². The van der Waals surface area contributed by atoms with E-state index in [1.807, 2.05) is 26.0 Å². The summed E-state index contributed by atoms with van der Waals surface area (Å²) in [6, 6.07) is 4.33. The summed E-state index contributed by atoms with van der Waals surface area (Å²) in [7, 11) is 2.17. The zero-order valence-corrected chi connectivity index (χ0v) is 12.0. The fourth-order valence-electron chi connectivity index (χ4n) is 2.33. The van der Waals surface area contributed by atoms with E-state index in [-0.39, 0.29) is 6.10 Å². The Morgan fingerprint density at radius 2 is 2.32 bits per heavy atom. The van der Waals surface area contributed by atoms with Crippen molar-refractivity contribution in [3.05, 3.63) is 12.1 Å². The number of likely N-dealkylation sites (N-methyl/N-ethyl adjacent to an activating group) is 1. The molecule has 1 saturated heterocycles. The van der Waals surface area contributed by atoms with Gasteiger partial charge in [-0.2, -0.15) is 4.98 Å². The molecule has 0 saturated carbocycles. The van der Waals surface area contributed by atoms with Gasteiger partial charge in [0.15, 0.2) is 0 Å². The summed E-state index contributed by atoms with van der Waals surface area (Å²) in [5.74, 6) is 1.34. The third-order valence-corrected chi connectivity index (χ3v) is 3.43. The van der Waals surface area contributed by atoms with Crippen LogP contribution >= 0.6 is 0 Å². The van der Waals surface area contributed by atoms with Gasteiger partial charge < -0.3 is 20.7 Å². The molecule has 1 fully saturated rings. The first-order valence-electron chi connectivity index (χ1n) is 6.93. The van der Waals surface area contributed by atoms with Crippen molar-refractivity contribution in [1.82, 2.24) is 9.88 Å². The number of rotatable bonds is 5. The molecular formula is C14H24N4O. The molecule has 5 heteroatoms. The Hall–Kier alpha value is -1.49. The number of ether oxygens (including phenoxy) is 1. The fraction of sp³-hybridized carbons (Fsp3) is 0.643. The van der Waals surface area contributed by atoms with Crippen LogP contribution in [0.2, 0.25) is 0 Å². The lowest BCUT2D eigenvalue weighted by Gasteiger charge is -2.20. The number of anilines is 2. The van der Waals surface area contributed by atoms with Gasteiger partial charge in [0, 0.05) is 12.6 Å². The minimum absolute atomic E-state index is 0.0750. The van der Waals surface area contributed by atoms with Gasteiger partial charge in [-0.15, -0.1) is 0 Å². The molecule has 1 aliphatic rings. The molecule has 0 spiro atoms.